The number of alkyl halides is 3. The predicted molar refractivity (Wildman–Crippen MR) is 37.6 cm³/mol. The minimum Gasteiger partial charge on any atom is -0.314 e. The van der Waals surface area contributed by atoms with E-state index in [0.29, 0.717) is 4.57 Å². The molecule has 0 N–H and O–H groups in total. The normalized spacial score (nSPS) is 10.7. The van der Waals surface area contributed by atoms with Crippen molar-refractivity contribution in [1.29, 1.82) is 10.5 Å². The summed E-state index contributed by atoms with van der Waals surface area (Å²) in [5.74, 6) is -1.24. The van der Waals surface area contributed by atoms with Gasteiger partial charge in [0.15, 0.2) is 11.4 Å². The minimum absolute atomic E-state index is 0.389. The van der Waals surface area contributed by atoms with E-state index in [4.69, 9.17) is 10.5 Å². The van der Waals surface area contributed by atoms with E-state index in [0.717, 1.165) is 7.05 Å². The van der Waals surface area contributed by atoms with Crippen molar-refractivity contribution in [3.8, 4) is 12.1 Å². The van der Waals surface area contributed by atoms with E-state index in [1.807, 2.05) is 0 Å². The third-order valence-electron chi connectivity index (χ3n) is 1.56. The number of nitriles is 2. The molecule has 0 saturated carbocycles. The standard InChI is InChI=1S/C7H3F3N4/c1-14-5(3-12)4(2-11)13-6(14)7(8,9)10/h1H3. The Morgan fingerprint density at radius 3 is 2.14 bits per heavy atom. The maximum Gasteiger partial charge on any atom is 0.449 e. The Hall–Kier alpha value is -2.02. The quantitative estimate of drug-likeness (QED) is 0.631. The molecule has 0 radical (unpaired) electrons. The van der Waals surface area contributed by atoms with E-state index in [-0.39, 0.29) is 5.69 Å². The van der Waals surface area contributed by atoms with Crippen LogP contribution in [0.2, 0.25) is 0 Å². The maximum absolute atomic E-state index is 12.2. The zero-order chi connectivity index (χ0) is 10.9. The summed E-state index contributed by atoms with van der Waals surface area (Å²) in [5.41, 5.74) is -0.901. The second-order valence-corrected chi connectivity index (χ2v) is 2.41. The number of hydrogen-bond donors (Lipinski definition) is 0. The highest BCUT2D eigenvalue weighted by Crippen LogP contribution is 2.29. The zero-order valence-corrected chi connectivity index (χ0v) is 6.92. The maximum atomic E-state index is 12.2. The third kappa shape index (κ3) is 1.40. The Morgan fingerprint density at radius 1 is 1.29 bits per heavy atom. The molecule has 1 aromatic rings. The SMILES string of the molecule is Cn1c(C(F)(F)F)nc(C#N)c1C#N. The Bertz CT molecular complexity index is 443. The van der Waals surface area contributed by atoms with E-state index < -0.39 is 17.7 Å². The third-order valence-corrected chi connectivity index (χ3v) is 1.56. The Labute approximate surface area is 76.8 Å². The summed E-state index contributed by atoms with van der Waals surface area (Å²) in [6.07, 6.45) is -4.66. The van der Waals surface area contributed by atoms with Gasteiger partial charge in [-0.05, 0) is 0 Å². The molecule has 4 nitrogen and oxygen atoms in total. The van der Waals surface area contributed by atoms with Crippen molar-refractivity contribution in [2.45, 2.75) is 6.18 Å². The highest BCUT2D eigenvalue weighted by Gasteiger charge is 2.38. The molecule has 0 aliphatic carbocycles. The molecule has 1 rings (SSSR count). The van der Waals surface area contributed by atoms with Gasteiger partial charge in [-0.2, -0.15) is 23.7 Å². The van der Waals surface area contributed by atoms with Gasteiger partial charge in [0, 0.05) is 7.05 Å². The second-order valence-electron chi connectivity index (χ2n) is 2.41. The van der Waals surface area contributed by atoms with Gasteiger partial charge in [0.05, 0.1) is 0 Å². The number of nitrogens with zero attached hydrogens (tertiary/aromatic N) is 4. The van der Waals surface area contributed by atoms with Gasteiger partial charge in [-0.25, -0.2) is 4.98 Å². The van der Waals surface area contributed by atoms with Gasteiger partial charge < -0.3 is 4.57 Å². The van der Waals surface area contributed by atoms with Crippen molar-refractivity contribution in [3.05, 3.63) is 17.2 Å². The minimum atomic E-state index is -4.66. The number of aromatic nitrogens is 2. The zero-order valence-electron chi connectivity index (χ0n) is 6.92. The van der Waals surface area contributed by atoms with Crippen molar-refractivity contribution in [1.82, 2.24) is 9.55 Å². The van der Waals surface area contributed by atoms with Gasteiger partial charge in [-0.15, -0.1) is 0 Å². The number of hydrogen-bond acceptors (Lipinski definition) is 3. The van der Waals surface area contributed by atoms with Crippen LogP contribution in [0.4, 0.5) is 13.2 Å². The van der Waals surface area contributed by atoms with E-state index in [1.54, 1.807) is 0 Å². The van der Waals surface area contributed by atoms with Crippen LogP contribution in [0.5, 0.6) is 0 Å². The first kappa shape index (κ1) is 10.1. The van der Waals surface area contributed by atoms with Crippen molar-refractivity contribution >= 4 is 0 Å². The molecule has 7 heteroatoms. The van der Waals surface area contributed by atoms with Crippen molar-refractivity contribution in [2.24, 2.45) is 7.05 Å². The summed E-state index contributed by atoms with van der Waals surface area (Å²) < 4.78 is 37.2. The van der Waals surface area contributed by atoms with Crippen LogP contribution in [-0.4, -0.2) is 9.55 Å². The van der Waals surface area contributed by atoms with Crippen LogP contribution >= 0.6 is 0 Å². The van der Waals surface area contributed by atoms with Crippen molar-refractivity contribution in [2.75, 3.05) is 0 Å². The monoisotopic (exact) mass is 200 g/mol. The summed E-state index contributed by atoms with van der Waals surface area (Å²) in [4.78, 5) is 3.02. The van der Waals surface area contributed by atoms with Crippen LogP contribution < -0.4 is 0 Å². The first-order valence-electron chi connectivity index (χ1n) is 3.36. The van der Waals surface area contributed by atoms with E-state index in [2.05, 4.69) is 4.98 Å². The predicted octanol–water partition coefficient (Wildman–Crippen LogP) is 1.18. The molecular weight excluding hydrogens is 197 g/mol. The Morgan fingerprint density at radius 2 is 1.86 bits per heavy atom. The lowest BCUT2D eigenvalue weighted by atomic mass is 10.4. The average molecular weight is 200 g/mol. The summed E-state index contributed by atoms with van der Waals surface area (Å²) in [6, 6.07) is 2.91. The van der Waals surface area contributed by atoms with Gasteiger partial charge in [0.2, 0.25) is 5.82 Å². The largest absolute Gasteiger partial charge is 0.449 e. The first-order chi connectivity index (χ1) is 6.41. The van der Waals surface area contributed by atoms with Crippen molar-refractivity contribution in [3.63, 3.8) is 0 Å². The molecular formula is C7H3F3N4. The fraction of sp³-hybridized carbons (Fsp3) is 0.286. The topological polar surface area (TPSA) is 65.4 Å². The number of imidazole rings is 1. The van der Waals surface area contributed by atoms with Gasteiger partial charge in [0.1, 0.15) is 12.1 Å². The van der Waals surface area contributed by atoms with Crippen LogP contribution in [0.1, 0.15) is 17.2 Å². The molecule has 0 aliphatic heterocycles. The molecule has 0 aromatic carbocycles. The fourth-order valence-electron chi connectivity index (χ4n) is 0.958. The number of halogens is 3. The number of rotatable bonds is 0. The molecule has 0 saturated heterocycles. The molecule has 0 spiro atoms. The molecule has 72 valence electrons. The van der Waals surface area contributed by atoms with Crippen LogP contribution in [0.15, 0.2) is 0 Å². The van der Waals surface area contributed by atoms with Gasteiger partial charge in [0.25, 0.3) is 0 Å². The smallest absolute Gasteiger partial charge is 0.314 e. The summed E-state index contributed by atoms with van der Waals surface area (Å²) >= 11 is 0. The molecule has 0 bridgehead atoms. The van der Waals surface area contributed by atoms with Gasteiger partial charge >= 0.3 is 6.18 Å². The summed E-state index contributed by atoms with van der Waals surface area (Å²) in [5, 5.41) is 16.9. The van der Waals surface area contributed by atoms with Crippen molar-refractivity contribution < 1.29 is 13.2 Å². The Balaban J connectivity index is 3.47. The fourth-order valence-corrected chi connectivity index (χ4v) is 0.958. The lowest BCUT2D eigenvalue weighted by Gasteiger charge is -2.04. The molecule has 14 heavy (non-hydrogen) atoms. The van der Waals surface area contributed by atoms with Crippen LogP contribution in [0.3, 0.4) is 0 Å². The molecule has 0 unspecified atom stereocenters. The van der Waals surface area contributed by atoms with Crippen LogP contribution in [0, 0.1) is 22.7 Å². The van der Waals surface area contributed by atoms with Crippen LogP contribution in [-0.2, 0) is 13.2 Å². The van der Waals surface area contributed by atoms with Gasteiger partial charge in [-0.3, -0.25) is 0 Å². The highest BCUT2D eigenvalue weighted by atomic mass is 19.4. The second kappa shape index (κ2) is 3.04. The molecule has 1 aromatic heterocycles. The van der Waals surface area contributed by atoms with E-state index in [9.17, 15) is 13.2 Å². The molecule has 0 atom stereocenters. The summed E-state index contributed by atoms with van der Waals surface area (Å²) in [6.45, 7) is 0. The lowest BCUT2D eigenvalue weighted by molar-refractivity contribution is -0.146. The van der Waals surface area contributed by atoms with E-state index in [1.165, 1.54) is 12.1 Å². The summed E-state index contributed by atoms with van der Waals surface area (Å²) in [7, 11) is 1.04. The molecule has 0 fully saturated rings. The average Bonchev–Trinajstić information content (AvgIpc) is 2.40. The highest BCUT2D eigenvalue weighted by molar-refractivity contribution is 5.38. The molecule has 1 heterocycles. The van der Waals surface area contributed by atoms with Gasteiger partial charge in [-0.1, -0.05) is 0 Å². The molecule has 0 aliphatic rings. The molecule has 0 amide bonds. The Kier molecular flexibility index (Phi) is 2.18. The van der Waals surface area contributed by atoms with Crippen LogP contribution in [0.25, 0.3) is 0 Å². The first-order valence-corrected chi connectivity index (χ1v) is 3.36. The lowest BCUT2D eigenvalue weighted by Crippen LogP contribution is -2.13. The van der Waals surface area contributed by atoms with E-state index >= 15 is 0 Å².